The minimum absolute atomic E-state index is 0.243. The van der Waals surface area contributed by atoms with E-state index in [0.717, 1.165) is 17.7 Å². The summed E-state index contributed by atoms with van der Waals surface area (Å²) in [5.74, 6) is -12.3. The molecule has 0 spiro atoms. The van der Waals surface area contributed by atoms with Gasteiger partial charge >= 0.3 is 33.4 Å². The lowest BCUT2D eigenvalue weighted by Crippen LogP contribution is -2.50. The maximum absolute atomic E-state index is 14.0. The van der Waals surface area contributed by atoms with Crippen LogP contribution in [0.3, 0.4) is 0 Å². The van der Waals surface area contributed by atoms with Crippen molar-refractivity contribution in [2.45, 2.75) is 52.6 Å². The van der Waals surface area contributed by atoms with Gasteiger partial charge < -0.3 is 4.18 Å². The zero-order valence-electron chi connectivity index (χ0n) is 16.7. The Kier molecular flexibility index (Phi) is 7.82. The van der Waals surface area contributed by atoms with E-state index in [1.165, 1.54) is 24.3 Å². The lowest BCUT2D eigenvalue weighted by molar-refractivity contribution is -0.299. The van der Waals surface area contributed by atoms with Crippen molar-refractivity contribution in [2.24, 2.45) is 0 Å². The van der Waals surface area contributed by atoms with Crippen LogP contribution < -0.4 is 4.18 Å². The first-order chi connectivity index (χ1) is 15.3. The van der Waals surface area contributed by atoms with Crippen molar-refractivity contribution in [3.8, 4) is 5.75 Å². The Labute approximate surface area is 191 Å². The summed E-state index contributed by atoms with van der Waals surface area (Å²) in [7, 11) is -4.33. The normalized spacial score (nSPS) is 14.7. The van der Waals surface area contributed by atoms with Crippen molar-refractivity contribution in [1.82, 2.24) is 0 Å². The molecule has 0 fully saturated rings. The zero-order valence-corrected chi connectivity index (χ0v) is 18.4. The molecule has 0 aliphatic carbocycles. The zero-order chi connectivity index (χ0) is 26.2. The summed E-state index contributed by atoms with van der Waals surface area (Å²) in [5.41, 5.74) is 0.746. The fourth-order valence-electron chi connectivity index (χ4n) is 2.31. The van der Waals surface area contributed by atoms with Crippen molar-refractivity contribution >= 4 is 21.9 Å². The Morgan fingerprint density at radius 3 is 1.82 bits per heavy atom. The van der Waals surface area contributed by atoms with Gasteiger partial charge in [-0.05, 0) is 55.1 Å². The lowest BCUT2D eigenvalue weighted by Gasteiger charge is -2.30. The largest absolute Gasteiger partial charge is 0.453 e. The van der Waals surface area contributed by atoms with Crippen molar-refractivity contribution in [3.05, 3.63) is 54.1 Å². The lowest BCUT2D eigenvalue weighted by atomic mass is 10.1. The molecule has 0 amide bonds. The molecule has 0 saturated heterocycles. The molecule has 0 radical (unpaired) electrons. The van der Waals surface area contributed by atoms with E-state index >= 15 is 0 Å². The van der Waals surface area contributed by atoms with E-state index in [2.05, 4.69) is 0 Å². The third-order valence-electron chi connectivity index (χ3n) is 4.22. The van der Waals surface area contributed by atoms with Crippen molar-refractivity contribution < 1.29 is 56.5 Å². The molecule has 0 aliphatic heterocycles. The number of aryl methyl sites for hydroxylation is 1. The Morgan fingerprint density at radius 2 is 1.35 bits per heavy atom. The van der Waals surface area contributed by atoms with E-state index in [1.807, 2.05) is 0 Å². The number of thioether (sulfide) groups is 1. The van der Waals surface area contributed by atoms with E-state index in [0.29, 0.717) is 12.1 Å². The molecule has 0 bridgehead atoms. The Balaban J connectivity index is 2.14. The molecule has 0 saturated carbocycles. The molecule has 0 aromatic heterocycles. The number of alkyl halides is 10. The number of halogens is 10. The van der Waals surface area contributed by atoms with Gasteiger partial charge in [-0.3, -0.25) is 0 Å². The Morgan fingerprint density at radius 1 is 0.853 bits per heavy atom. The number of rotatable bonds is 9. The van der Waals surface area contributed by atoms with Gasteiger partial charge in [-0.15, -0.1) is 0 Å². The van der Waals surface area contributed by atoms with Crippen molar-refractivity contribution in [2.75, 3.05) is 0 Å². The highest BCUT2D eigenvalue weighted by atomic mass is 32.2. The first kappa shape index (κ1) is 28.1. The Hall–Kier alpha value is -2.16. The van der Waals surface area contributed by atoms with Crippen LogP contribution in [-0.4, -0.2) is 37.9 Å². The fraction of sp³-hybridized carbons (Fsp3) is 0.368. The van der Waals surface area contributed by atoms with Crippen LogP contribution in [0, 0.1) is 6.92 Å². The van der Waals surface area contributed by atoms with Gasteiger partial charge in [-0.25, -0.2) is 4.39 Å². The summed E-state index contributed by atoms with van der Waals surface area (Å²) in [6.07, 6.45) is -14.2. The average Bonchev–Trinajstić information content (AvgIpc) is 2.68. The highest BCUT2D eigenvalue weighted by molar-refractivity contribution is 8.00. The van der Waals surface area contributed by atoms with Crippen LogP contribution in [0.5, 0.6) is 5.75 Å². The minimum atomic E-state index is -6.41. The predicted molar refractivity (Wildman–Crippen MR) is 102 cm³/mol. The monoisotopic (exact) mass is 544 g/mol. The van der Waals surface area contributed by atoms with E-state index in [9.17, 15) is 52.3 Å². The first-order valence-electron chi connectivity index (χ1n) is 8.93. The van der Waals surface area contributed by atoms with Crippen LogP contribution in [0.4, 0.5) is 43.9 Å². The maximum Gasteiger partial charge on any atom is 0.453 e. The number of hydrogen-bond donors (Lipinski definition) is 0. The van der Waals surface area contributed by atoms with Crippen LogP contribution in [0.15, 0.2) is 58.3 Å². The molecule has 0 aliphatic rings. The van der Waals surface area contributed by atoms with Gasteiger partial charge in [0.1, 0.15) is 10.6 Å². The van der Waals surface area contributed by atoms with E-state index in [4.69, 9.17) is 4.18 Å². The number of benzene rings is 2. The molecule has 3 nitrogen and oxygen atoms in total. The number of hydrogen-bond acceptors (Lipinski definition) is 4. The van der Waals surface area contributed by atoms with E-state index in [1.54, 1.807) is 6.92 Å². The summed E-state index contributed by atoms with van der Waals surface area (Å²) in [6, 6.07) is 8.38. The SMILES string of the molecule is Cc1ccc(S(=O)(=O)Oc2ccc(SC(F)(F)C(F)(F)C(F)CC(F)(F)C(F)(F)F)cc2)cc1. The van der Waals surface area contributed by atoms with Gasteiger partial charge in [0.15, 0.2) is 6.17 Å². The maximum atomic E-state index is 14.0. The topological polar surface area (TPSA) is 43.4 Å². The molecule has 1 unspecified atom stereocenters. The third kappa shape index (κ3) is 6.29. The summed E-state index contributed by atoms with van der Waals surface area (Å²) in [5, 5.41) is -5.44. The molecule has 2 aromatic rings. The van der Waals surface area contributed by atoms with Gasteiger partial charge in [-0.2, -0.15) is 47.9 Å². The quantitative estimate of drug-likeness (QED) is 0.194. The smallest absolute Gasteiger partial charge is 0.379 e. The van der Waals surface area contributed by atoms with E-state index < -0.39 is 68.4 Å². The highest BCUT2D eigenvalue weighted by Gasteiger charge is 2.67. The molecule has 0 heterocycles. The molecule has 2 rings (SSSR count). The van der Waals surface area contributed by atoms with Crippen LogP contribution in [0.25, 0.3) is 0 Å². The van der Waals surface area contributed by atoms with Gasteiger partial charge in [0.25, 0.3) is 0 Å². The predicted octanol–water partition coefficient (Wildman–Crippen LogP) is 7.01. The fourth-order valence-corrected chi connectivity index (χ4v) is 4.07. The van der Waals surface area contributed by atoms with Crippen LogP contribution in [0.2, 0.25) is 0 Å². The van der Waals surface area contributed by atoms with Crippen LogP contribution >= 0.6 is 11.8 Å². The molecule has 34 heavy (non-hydrogen) atoms. The summed E-state index contributed by atoms with van der Waals surface area (Å²) in [6.45, 7) is 1.69. The molecule has 15 heteroatoms. The van der Waals surface area contributed by atoms with Gasteiger partial charge in [-0.1, -0.05) is 17.7 Å². The Bertz CT molecular complexity index is 1080. The molecular formula is C19H14F10O3S2. The minimum Gasteiger partial charge on any atom is -0.379 e. The molecule has 1 atom stereocenters. The highest BCUT2D eigenvalue weighted by Crippen LogP contribution is 2.52. The average molecular weight is 544 g/mol. The second kappa shape index (κ2) is 9.47. The molecule has 0 N–H and O–H groups in total. The first-order valence-corrected chi connectivity index (χ1v) is 11.2. The molecule has 2 aromatic carbocycles. The molecular weight excluding hydrogens is 530 g/mol. The second-order valence-electron chi connectivity index (χ2n) is 6.94. The van der Waals surface area contributed by atoms with E-state index in [-0.39, 0.29) is 4.90 Å². The van der Waals surface area contributed by atoms with Gasteiger partial charge in [0, 0.05) is 4.90 Å². The van der Waals surface area contributed by atoms with Crippen LogP contribution in [0.1, 0.15) is 12.0 Å². The van der Waals surface area contributed by atoms with Crippen molar-refractivity contribution in [3.63, 3.8) is 0 Å². The summed E-state index contributed by atoms with van der Waals surface area (Å²) in [4.78, 5) is -0.952. The van der Waals surface area contributed by atoms with Crippen LogP contribution in [-0.2, 0) is 10.1 Å². The summed E-state index contributed by atoms with van der Waals surface area (Å²) >= 11 is -1.02. The van der Waals surface area contributed by atoms with Crippen molar-refractivity contribution in [1.29, 1.82) is 0 Å². The second-order valence-corrected chi connectivity index (χ2v) is 9.67. The van der Waals surface area contributed by atoms with Gasteiger partial charge in [0.05, 0.1) is 6.42 Å². The summed E-state index contributed by atoms with van der Waals surface area (Å²) < 4.78 is 160. The molecule has 190 valence electrons. The standard InChI is InChI=1S/C19H14F10O3S2/c1-11-2-8-14(9-3-11)34(30,31)32-12-4-6-13(7-5-12)33-19(28,29)17(23,24)15(20)10-16(21,22)18(25,26)27/h2-9,15H,10H2,1H3. The van der Waals surface area contributed by atoms with Gasteiger partial charge in [0.2, 0.25) is 0 Å². The third-order valence-corrected chi connectivity index (χ3v) is 6.51.